The van der Waals surface area contributed by atoms with Gasteiger partial charge in [0.25, 0.3) is 0 Å². The van der Waals surface area contributed by atoms with Crippen LogP contribution < -0.4 is 4.74 Å². The van der Waals surface area contributed by atoms with Gasteiger partial charge in [-0.25, -0.2) is 0 Å². The second-order valence-electron chi connectivity index (χ2n) is 4.40. The molecule has 2 heterocycles. The Labute approximate surface area is 126 Å². The van der Waals surface area contributed by atoms with Gasteiger partial charge in [-0.2, -0.15) is 4.98 Å². The predicted octanol–water partition coefficient (Wildman–Crippen LogP) is 4.05. The van der Waals surface area contributed by atoms with Crippen molar-refractivity contribution in [1.82, 2.24) is 14.5 Å². The SMILES string of the molecule is COc1ccc2[nH]c(=S)n(-c3c(C)cccc3Cl)c2n1. The van der Waals surface area contributed by atoms with Crippen molar-refractivity contribution < 1.29 is 4.74 Å². The summed E-state index contributed by atoms with van der Waals surface area (Å²) in [5.41, 5.74) is 3.41. The number of H-pyrrole nitrogens is 1. The van der Waals surface area contributed by atoms with Gasteiger partial charge in [-0.1, -0.05) is 23.7 Å². The Balaban J connectivity index is 2.41. The molecular formula is C14H12ClN3OS. The smallest absolute Gasteiger partial charge is 0.215 e. The van der Waals surface area contributed by atoms with Crippen LogP contribution in [0.3, 0.4) is 0 Å². The van der Waals surface area contributed by atoms with Crippen molar-refractivity contribution >= 4 is 35.0 Å². The zero-order valence-corrected chi connectivity index (χ0v) is 12.5. The second-order valence-corrected chi connectivity index (χ2v) is 5.19. The normalized spacial score (nSPS) is 10.9. The van der Waals surface area contributed by atoms with Crippen LogP contribution in [-0.4, -0.2) is 21.6 Å². The summed E-state index contributed by atoms with van der Waals surface area (Å²) in [6.45, 7) is 1.99. The van der Waals surface area contributed by atoms with E-state index in [1.165, 1.54) is 0 Å². The molecular weight excluding hydrogens is 294 g/mol. The number of aryl methyl sites for hydroxylation is 1. The Kier molecular flexibility index (Phi) is 3.23. The number of imidazole rings is 1. The zero-order chi connectivity index (χ0) is 14.3. The predicted molar refractivity (Wildman–Crippen MR) is 82.6 cm³/mol. The molecule has 0 fully saturated rings. The third-order valence-electron chi connectivity index (χ3n) is 3.13. The number of benzene rings is 1. The number of rotatable bonds is 2. The van der Waals surface area contributed by atoms with E-state index in [4.69, 9.17) is 28.6 Å². The summed E-state index contributed by atoms with van der Waals surface area (Å²) < 4.78 is 7.57. The van der Waals surface area contributed by atoms with Crippen LogP contribution >= 0.6 is 23.8 Å². The standard InChI is InChI=1S/C14H12ClN3OS/c1-8-4-3-5-9(15)12(8)18-13-10(16-14(18)20)6-7-11(17-13)19-2/h3-7H,1-2H3,(H,16,20). The molecule has 0 atom stereocenters. The number of ether oxygens (including phenoxy) is 1. The van der Waals surface area contributed by atoms with E-state index in [1.807, 2.05) is 35.8 Å². The first-order valence-electron chi connectivity index (χ1n) is 6.03. The number of hydrogen-bond donors (Lipinski definition) is 1. The summed E-state index contributed by atoms with van der Waals surface area (Å²) >= 11 is 11.7. The maximum atomic E-state index is 6.33. The van der Waals surface area contributed by atoms with Gasteiger partial charge in [0.05, 0.1) is 23.3 Å². The molecule has 0 amide bonds. The van der Waals surface area contributed by atoms with Gasteiger partial charge in [0, 0.05) is 6.07 Å². The van der Waals surface area contributed by atoms with Crippen molar-refractivity contribution in [3.63, 3.8) is 0 Å². The average Bonchev–Trinajstić information content (AvgIpc) is 2.74. The summed E-state index contributed by atoms with van der Waals surface area (Å²) in [6.07, 6.45) is 0. The van der Waals surface area contributed by atoms with Crippen LogP contribution in [0.15, 0.2) is 30.3 Å². The van der Waals surface area contributed by atoms with Gasteiger partial charge in [0.1, 0.15) is 0 Å². The number of nitrogens with one attached hydrogen (secondary N) is 1. The molecule has 0 saturated carbocycles. The van der Waals surface area contributed by atoms with Crippen molar-refractivity contribution in [2.24, 2.45) is 0 Å². The monoisotopic (exact) mass is 305 g/mol. The molecule has 4 nitrogen and oxygen atoms in total. The first-order valence-corrected chi connectivity index (χ1v) is 6.81. The Morgan fingerprint density at radius 3 is 2.80 bits per heavy atom. The summed E-state index contributed by atoms with van der Waals surface area (Å²) in [5, 5.41) is 0.631. The molecule has 0 aliphatic heterocycles. The minimum atomic E-state index is 0.532. The highest BCUT2D eigenvalue weighted by molar-refractivity contribution is 7.71. The quantitative estimate of drug-likeness (QED) is 0.726. The van der Waals surface area contributed by atoms with E-state index >= 15 is 0 Å². The lowest BCUT2D eigenvalue weighted by Crippen LogP contribution is -2.00. The number of hydrogen-bond acceptors (Lipinski definition) is 3. The molecule has 3 aromatic rings. The fourth-order valence-corrected chi connectivity index (χ4v) is 2.79. The number of para-hydroxylation sites is 1. The van der Waals surface area contributed by atoms with Gasteiger partial charge in [-0.05, 0) is 36.8 Å². The molecule has 2 aromatic heterocycles. The first-order chi connectivity index (χ1) is 9.61. The lowest BCUT2D eigenvalue weighted by atomic mass is 10.2. The lowest BCUT2D eigenvalue weighted by molar-refractivity contribution is 0.399. The van der Waals surface area contributed by atoms with Gasteiger partial charge in [0.15, 0.2) is 10.4 Å². The van der Waals surface area contributed by atoms with E-state index < -0.39 is 0 Å². The van der Waals surface area contributed by atoms with E-state index in [2.05, 4.69) is 9.97 Å². The molecule has 0 radical (unpaired) electrons. The summed E-state index contributed by atoms with van der Waals surface area (Å²) in [7, 11) is 1.58. The molecule has 0 spiro atoms. The number of aromatic amines is 1. The number of halogens is 1. The van der Waals surface area contributed by atoms with Crippen LogP contribution in [0.5, 0.6) is 5.88 Å². The maximum absolute atomic E-state index is 6.33. The third kappa shape index (κ3) is 1.99. The van der Waals surface area contributed by atoms with E-state index in [9.17, 15) is 0 Å². The Morgan fingerprint density at radius 2 is 2.10 bits per heavy atom. The number of nitrogens with zero attached hydrogens (tertiary/aromatic N) is 2. The van der Waals surface area contributed by atoms with Crippen LogP contribution in [0.4, 0.5) is 0 Å². The Morgan fingerprint density at radius 1 is 1.30 bits per heavy atom. The summed E-state index contributed by atoms with van der Waals surface area (Å²) in [5.74, 6) is 0.532. The van der Waals surface area contributed by atoms with Gasteiger partial charge in [0.2, 0.25) is 5.88 Å². The largest absolute Gasteiger partial charge is 0.481 e. The van der Waals surface area contributed by atoms with Crippen LogP contribution in [-0.2, 0) is 0 Å². The van der Waals surface area contributed by atoms with Crippen molar-refractivity contribution in [1.29, 1.82) is 0 Å². The highest BCUT2D eigenvalue weighted by Crippen LogP contribution is 2.28. The van der Waals surface area contributed by atoms with E-state index in [0.29, 0.717) is 21.3 Å². The lowest BCUT2D eigenvalue weighted by Gasteiger charge is -2.10. The highest BCUT2D eigenvalue weighted by atomic mass is 35.5. The van der Waals surface area contributed by atoms with Crippen LogP contribution in [0.2, 0.25) is 5.02 Å². The molecule has 0 bridgehead atoms. The first kappa shape index (κ1) is 13.1. The molecule has 3 rings (SSSR count). The Hall–Kier alpha value is -1.85. The maximum Gasteiger partial charge on any atom is 0.215 e. The fourth-order valence-electron chi connectivity index (χ4n) is 2.19. The van der Waals surface area contributed by atoms with E-state index in [-0.39, 0.29) is 0 Å². The minimum Gasteiger partial charge on any atom is -0.481 e. The van der Waals surface area contributed by atoms with Gasteiger partial charge in [-0.15, -0.1) is 0 Å². The number of methoxy groups -OCH3 is 1. The Bertz CT molecular complexity index is 833. The van der Waals surface area contributed by atoms with Gasteiger partial charge >= 0.3 is 0 Å². The molecule has 20 heavy (non-hydrogen) atoms. The summed E-state index contributed by atoms with van der Waals surface area (Å²) in [6, 6.07) is 9.41. The molecule has 102 valence electrons. The molecule has 0 aliphatic carbocycles. The van der Waals surface area contributed by atoms with E-state index in [0.717, 1.165) is 16.8 Å². The fraction of sp³-hybridized carbons (Fsp3) is 0.143. The van der Waals surface area contributed by atoms with Crippen molar-refractivity contribution in [3.8, 4) is 11.6 Å². The molecule has 0 saturated heterocycles. The van der Waals surface area contributed by atoms with Crippen molar-refractivity contribution in [2.45, 2.75) is 6.92 Å². The summed E-state index contributed by atoms with van der Waals surface area (Å²) in [4.78, 5) is 7.59. The van der Waals surface area contributed by atoms with Gasteiger partial charge in [-0.3, -0.25) is 4.57 Å². The second kappa shape index (κ2) is 4.92. The zero-order valence-electron chi connectivity index (χ0n) is 11.0. The number of pyridine rings is 1. The number of fused-ring (bicyclic) bond motifs is 1. The molecule has 1 N–H and O–H groups in total. The van der Waals surface area contributed by atoms with Crippen LogP contribution in [0, 0.1) is 11.7 Å². The molecule has 0 unspecified atom stereocenters. The van der Waals surface area contributed by atoms with Crippen molar-refractivity contribution in [3.05, 3.63) is 45.7 Å². The van der Waals surface area contributed by atoms with E-state index in [1.54, 1.807) is 13.2 Å². The van der Waals surface area contributed by atoms with Crippen molar-refractivity contribution in [2.75, 3.05) is 7.11 Å². The molecule has 6 heteroatoms. The molecule has 0 aliphatic rings. The van der Waals surface area contributed by atoms with Gasteiger partial charge < -0.3 is 9.72 Å². The van der Waals surface area contributed by atoms with Crippen LogP contribution in [0.25, 0.3) is 16.9 Å². The topological polar surface area (TPSA) is 42.8 Å². The number of aromatic nitrogens is 3. The highest BCUT2D eigenvalue weighted by Gasteiger charge is 2.13. The minimum absolute atomic E-state index is 0.532. The third-order valence-corrected chi connectivity index (χ3v) is 3.72. The van der Waals surface area contributed by atoms with Crippen LogP contribution in [0.1, 0.15) is 5.56 Å². The average molecular weight is 306 g/mol. The molecule has 1 aromatic carbocycles.